The Morgan fingerprint density at radius 3 is 2.07 bits per heavy atom. The number of piperidine rings is 1. The Balaban J connectivity index is 0. The number of hydrogen-bond acceptors (Lipinski definition) is 3. The molecule has 0 unspecified atom stereocenters. The Kier molecular flexibility index (Phi) is 15.1. The highest BCUT2D eigenvalue weighted by atomic mass is 16.5. The standard InChI is InChI=1S/C8H15NO2.2C2H6/c1-2-11-8(10)7-3-5-9-6-4-7;2*1-2/h7,9H,2-6H2,1H3;2*1-2H3. The third-order valence-electron chi connectivity index (χ3n) is 1.96. The second-order valence-corrected chi connectivity index (χ2v) is 2.78. The van der Waals surface area contributed by atoms with Crippen LogP contribution in [0.1, 0.15) is 47.5 Å². The Morgan fingerprint density at radius 2 is 1.67 bits per heavy atom. The fourth-order valence-corrected chi connectivity index (χ4v) is 1.32. The number of rotatable bonds is 2. The summed E-state index contributed by atoms with van der Waals surface area (Å²) in [6.07, 6.45) is 1.86. The van der Waals surface area contributed by atoms with E-state index in [4.69, 9.17) is 4.74 Å². The molecule has 1 fully saturated rings. The van der Waals surface area contributed by atoms with E-state index in [1.165, 1.54) is 0 Å². The smallest absolute Gasteiger partial charge is 0.309 e. The van der Waals surface area contributed by atoms with E-state index in [1.807, 2.05) is 34.6 Å². The molecular formula is C12H27NO2. The predicted octanol–water partition coefficient (Wildman–Crippen LogP) is 2.60. The summed E-state index contributed by atoms with van der Waals surface area (Å²) in [4.78, 5) is 11.1. The van der Waals surface area contributed by atoms with Crippen LogP contribution in [0, 0.1) is 5.92 Å². The summed E-state index contributed by atoms with van der Waals surface area (Å²) in [5.41, 5.74) is 0. The van der Waals surface area contributed by atoms with Crippen LogP contribution in [0.3, 0.4) is 0 Å². The first-order chi connectivity index (χ1) is 7.34. The number of carbonyl (C=O) groups excluding carboxylic acids is 1. The number of carbonyl (C=O) groups is 1. The molecule has 0 saturated carbocycles. The van der Waals surface area contributed by atoms with E-state index in [0.717, 1.165) is 25.9 Å². The molecule has 1 aliphatic heterocycles. The molecule has 1 saturated heterocycles. The van der Waals surface area contributed by atoms with Crippen molar-refractivity contribution in [3.63, 3.8) is 0 Å². The molecule has 0 atom stereocenters. The molecule has 0 aromatic heterocycles. The zero-order valence-corrected chi connectivity index (χ0v) is 10.9. The van der Waals surface area contributed by atoms with E-state index in [1.54, 1.807) is 0 Å². The Hall–Kier alpha value is -0.570. The number of nitrogens with one attached hydrogen (secondary N) is 1. The second-order valence-electron chi connectivity index (χ2n) is 2.78. The van der Waals surface area contributed by atoms with Crippen LogP contribution in [0.4, 0.5) is 0 Å². The van der Waals surface area contributed by atoms with Crippen LogP contribution in [-0.2, 0) is 9.53 Å². The van der Waals surface area contributed by atoms with Gasteiger partial charge in [0.25, 0.3) is 0 Å². The van der Waals surface area contributed by atoms with Gasteiger partial charge in [0.05, 0.1) is 12.5 Å². The van der Waals surface area contributed by atoms with Crippen molar-refractivity contribution in [3.8, 4) is 0 Å². The summed E-state index contributed by atoms with van der Waals surface area (Å²) in [6.45, 7) is 12.2. The first-order valence-corrected chi connectivity index (χ1v) is 6.22. The highest BCUT2D eigenvalue weighted by Gasteiger charge is 2.21. The predicted molar refractivity (Wildman–Crippen MR) is 64.9 cm³/mol. The van der Waals surface area contributed by atoms with Crippen LogP contribution in [0.5, 0.6) is 0 Å². The molecule has 0 radical (unpaired) electrons. The van der Waals surface area contributed by atoms with Gasteiger partial charge in [0, 0.05) is 0 Å². The Morgan fingerprint density at radius 1 is 1.20 bits per heavy atom. The zero-order chi connectivity index (χ0) is 12.1. The largest absolute Gasteiger partial charge is 0.466 e. The highest BCUT2D eigenvalue weighted by Crippen LogP contribution is 2.12. The van der Waals surface area contributed by atoms with Crippen molar-refractivity contribution in [1.29, 1.82) is 0 Å². The van der Waals surface area contributed by atoms with Crippen LogP contribution >= 0.6 is 0 Å². The quantitative estimate of drug-likeness (QED) is 0.723. The lowest BCUT2D eigenvalue weighted by molar-refractivity contribution is -0.148. The summed E-state index contributed by atoms with van der Waals surface area (Å²) >= 11 is 0. The van der Waals surface area contributed by atoms with Gasteiger partial charge in [0.15, 0.2) is 0 Å². The Labute approximate surface area is 94.6 Å². The van der Waals surface area contributed by atoms with Gasteiger partial charge in [-0.1, -0.05) is 27.7 Å². The molecule has 1 rings (SSSR count). The minimum Gasteiger partial charge on any atom is -0.466 e. The Bertz CT molecular complexity index is 132. The van der Waals surface area contributed by atoms with Gasteiger partial charge in [-0.05, 0) is 32.9 Å². The van der Waals surface area contributed by atoms with Gasteiger partial charge in [-0.3, -0.25) is 4.79 Å². The monoisotopic (exact) mass is 217 g/mol. The molecule has 0 aromatic rings. The fraction of sp³-hybridized carbons (Fsp3) is 0.917. The van der Waals surface area contributed by atoms with E-state index in [2.05, 4.69) is 5.32 Å². The molecule has 0 bridgehead atoms. The molecule has 0 aliphatic carbocycles. The maximum Gasteiger partial charge on any atom is 0.309 e. The van der Waals surface area contributed by atoms with Crippen molar-refractivity contribution in [1.82, 2.24) is 5.32 Å². The fourth-order valence-electron chi connectivity index (χ4n) is 1.32. The number of hydrogen-bond donors (Lipinski definition) is 1. The molecule has 1 aliphatic rings. The average molecular weight is 217 g/mol. The van der Waals surface area contributed by atoms with Crippen LogP contribution in [0.15, 0.2) is 0 Å². The van der Waals surface area contributed by atoms with Crippen molar-refractivity contribution in [3.05, 3.63) is 0 Å². The topological polar surface area (TPSA) is 38.3 Å². The first-order valence-electron chi connectivity index (χ1n) is 6.22. The van der Waals surface area contributed by atoms with Crippen molar-refractivity contribution < 1.29 is 9.53 Å². The van der Waals surface area contributed by atoms with Gasteiger partial charge >= 0.3 is 5.97 Å². The van der Waals surface area contributed by atoms with E-state index in [-0.39, 0.29) is 11.9 Å². The number of esters is 1. The highest BCUT2D eigenvalue weighted by molar-refractivity contribution is 5.72. The van der Waals surface area contributed by atoms with Crippen LogP contribution in [-0.4, -0.2) is 25.7 Å². The molecule has 1 N–H and O–H groups in total. The van der Waals surface area contributed by atoms with Gasteiger partial charge in [-0.25, -0.2) is 0 Å². The minimum absolute atomic E-state index is 0.0194. The maximum atomic E-state index is 11.1. The molecule has 3 heteroatoms. The molecule has 0 spiro atoms. The van der Waals surface area contributed by atoms with Gasteiger partial charge in [0.2, 0.25) is 0 Å². The van der Waals surface area contributed by atoms with Crippen molar-refractivity contribution >= 4 is 5.97 Å². The zero-order valence-electron chi connectivity index (χ0n) is 10.9. The lowest BCUT2D eigenvalue weighted by Crippen LogP contribution is -2.32. The molecule has 92 valence electrons. The second kappa shape index (κ2) is 13.4. The third kappa shape index (κ3) is 8.43. The summed E-state index contributed by atoms with van der Waals surface area (Å²) in [5.74, 6) is 0.130. The first kappa shape index (κ1) is 16.8. The average Bonchev–Trinajstić information content (AvgIpc) is 2.36. The van der Waals surface area contributed by atoms with Gasteiger partial charge in [-0.15, -0.1) is 0 Å². The lowest BCUT2D eigenvalue weighted by Gasteiger charge is -2.20. The molecule has 1 heterocycles. The maximum absolute atomic E-state index is 11.1. The van der Waals surface area contributed by atoms with Crippen molar-refractivity contribution in [2.75, 3.05) is 19.7 Å². The van der Waals surface area contributed by atoms with E-state index >= 15 is 0 Å². The van der Waals surface area contributed by atoms with E-state index in [9.17, 15) is 4.79 Å². The van der Waals surface area contributed by atoms with Crippen molar-refractivity contribution in [2.24, 2.45) is 5.92 Å². The van der Waals surface area contributed by atoms with E-state index in [0.29, 0.717) is 6.61 Å². The summed E-state index contributed by atoms with van der Waals surface area (Å²) in [5, 5.41) is 3.20. The lowest BCUT2D eigenvalue weighted by atomic mass is 9.99. The molecular weight excluding hydrogens is 190 g/mol. The van der Waals surface area contributed by atoms with Gasteiger partial charge < -0.3 is 10.1 Å². The van der Waals surface area contributed by atoms with Crippen molar-refractivity contribution in [2.45, 2.75) is 47.5 Å². The SMILES string of the molecule is CC.CC.CCOC(=O)C1CCNCC1. The van der Waals surface area contributed by atoms with Gasteiger partial charge in [-0.2, -0.15) is 0 Å². The van der Waals surface area contributed by atoms with Gasteiger partial charge in [0.1, 0.15) is 0 Å². The van der Waals surface area contributed by atoms with E-state index < -0.39 is 0 Å². The van der Waals surface area contributed by atoms with Crippen LogP contribution in [0.2, 0.25) is 0 Å². The van der Waals surface area contributed by atoms with Crippen LogP contribution in [0.25, 0.3) is 0 Å². The summed E-state index contributed by atoms with van der Waals surface area (Å²) in [6, 6.07) is 0. The number of ether oxygens (including phenoxy) is 1. The third-order valence-corrected chi connectivity index (χ3v) is 1.96. The molecule has 0 aromatic carbocycles. The normalized spacial score (nSPS) is 15.3. The molecule has 15 heavy (non-hydrogen) atoms. The molecule has 0 amide bonds. The summed E-state index contributed by atoms with van der Waals surface area (Å²) < 4.78 is 4.91. The summed E-state index contributed by atoms with van der Waals surface area (Å²) in [7, 11) is 0. The minimum atomic E-state index is -0.0194. The van der Waals surface area contributed by atoms with Crippen LogP contribution < -0.4 is 5.32 Å². The molecule has 3 nitrogen and oxygen atoms in total.